The minimum atomic E-state index is -0.0908. The zero-order chi connectivity index (χ0) is 17.7. The van der Waals surface area contributed by atoms with Crippen LogP contribution in [0, 0.1) is 13.8 Å². The molecule has 0 unspecified atom stereocenters. The SMILES string of the molecule is Cc1cc(C(=O)NCc2ccccc2OCCO)c(C)n1C(C)C. The molecular weight excluding hydrogens is 304 g/mol. The summed E-state index contributed by atoms with van der Waals surface area (Å²) in [5.74, 6) is 0.589. The summed E-state index contributed by atoms with van der Waals surface area (Å²) >= 11 is 0. The van der Waals surface area contributed by atoms with Crippen LogP contribution in [0.2, 0.25) is 0 Å². The third kappa shape index (κ3) is 3.97. The molecule has 0 bridgehead atoms. The average Bonchev–Trinajstić information content (AvgIpc) is 2.86. The van der Waals surface area contributed by atoms with Crippen LogP contribution in [-0.4, -0.2) is 28.8 Å². The van der Waals surface area contributed by atoms with Crippen molar-refractivity contribution in [2.24, 2.45) is 0 Å². The van der Waals surface area contributed by atoms with E-state index in [0.717, 1.165) is 17.0 Å². The molecule has 0 radical (unpaired) electrons. The van der Waals surface area contributed by atoms with Gasteiger partial charge in [0.2, 0.25) is 0 Å². The fourth-order valence-corrected chi connectivity index (χ4v) is 3.02. The van der Waals surface area contributed by atoms with Gasteiger partial charge in [-0.3, -0.25) is 4.79 Å². The minimum absolute atomic E-state index is 0.0398. The first-order valence-electron chi connectivity index (χ1n) is 8.24. The number of amides is 1. The van der Waals surface area contributed by atoms with Crippen molar-refractivity contribution >= 4 is 5.91 Å². The van der Waals surface area contributed by atoms with E-state index in [1.54, 1.807) is 0 Å². The van der Waals surface area contributed by atoms with Crippen molar-refractivity contribution < 1.29 is 14.6 Å². The van der Waals surface area contributed by atoms with Gasteiger partial charge < -0.3 is 19.7 Å². The number of rotatable bonds is 7. The van der Waals surface area contributed by atoms with Crippen molar-refractivity contribution in [3.8, 4) is 5.75 Å². The summed E-state index contributed by atoms with van der Waals surface area (Å²) in [5, 5.41) is 11.8. The third-order valence-corrected chi connectivity index (χ3v) is 4.01. The van der Waals surface area contributed by atoms with E-state index in [-0.39, 0.29) is 19.1 Å². The highest BCUT2D eigenvalue weighted by molar-refractivity contribution is 5.95. The lowest BCUT2D eigenvalue weighted by Gasteiger charge is -2.14. The second-order valence-corrected chi connectivity index (χ2v) is 6.11. The number of benzene rings is 1. The van der Waals surface area contributed by atoms with Crippen molar-refractivity contribution in [2.45, 2.75) is 40.3 Å². The average molecular weight is 330 g/mol. The first-order valence-corrected chi connectivity index (χ1v) is 8.24. The Kier molecular flexibility index (Phi) is 6.04. The van der Waals surface area contributed by atoms with E-state index < -0.39 is 0 Å². The number of nitrogens with zero attached hydrogens (tertiary/aromatic N) is 1. The molecule has 2 aromatic rings. The van der Waals surface area contributed by atoms with E-state index in [2.05, 4.69) is 23.7 Å². The van der Waals surface area contributed by atoms with E-state index in [1.165, 1.54) is 0 Å². The Morgan fingerprint density at radius 1 is 1.29 bits per heavy atom. The highest BCUT2D eigenvalue weighted by Gasteiger charge is 2.17. The Morgan fingerprint density at radius 2 is 2.00 bits per heavy atom. The van der Waals surface area contributed by atoms with Gasteiger partial charge in [-0.2, -0.15) is 0 Å². The third-order valence-electron chi connectivity index (χ3n) is 4.01. The number of aromatic nitrogens is 1. The maximum Gasteiger partial charge on any atom is 0.253 e. The van der Waals surface area contributed by atoms with Crippen LogP contribution in [0.1, 0.15) is 47.2 Å². The van der Waals surface area contributed by atoms with Crippen LogP contribution >= 0.6 is 0 Å². The van der Waals surface area contributed by atoms with Crippen molar-refractivity contribution in [3.63, 3.8) is 0 Å². The molecule has 1 heterocycles. The molecule has 0 spiro atoms. The minimum Gasteiger partial charge on any atom is -0.491 e. The number of nitrogens with one attached hydrogen (secondary N) is 1. The lowest BCUT2D eigenvalue weighted by molar-refractivity contribution is 0.0949. The number of aliphatic hydroxyl groups excluding tert-OH is 1. The van der Waals surface area contributed by atoms with Crippen LogP contribution in [0.15, 0.2) is 30.3 Å². The normalized spacial score (nSPS) is 10.9. The molecule has 2 N–H and O–H groups in total. The molecule has 0 aliphatic heterocycles. The number of carbonyl (C=O) groups is 1. The Morgan fingerprint density at radius 3 is 2.62 bits per heavy atom. The number of ether oxygens (including phenoxy) is 1. The maximum absolute atomic E-state index is 12.5. The molecule has 0 saturated heterocycles. The largest absolute Gasteiger partial charge is 0.491 e. The predicted octanol–water partition coefficient (Wildman–Crippen LogP) is 2.99. The Hall–Kier alpha value is -2.27. The van der Waals surface area contributed by atoms with Gasteiger partial charge in [0.1, 0.15) is 12.4 Å². The second kappa shape index (κ2) is 8.02. The monoisotopic (exact) mass is 330 g/mol. The molecule has 1 amide bonds. The molecule has 24 heavy (non-hydrogen) atoms. The maximum atomic E-state index is 12.5. The smallest absolute Gasteiger partial charge is 0.253 e. The quantitative estimate of drug-likeness (QED) is 0.820. The zero-order valence-electron chi connectivity index (χ0n) is 14.8. The standard InChI is InChI=1S/C19H26N2O3/c1-13(2)21-14(3)11-17(15(21)4)19(23)20-12-16-7-5-6-8-18(16)24-10-9-22/h5-8,11,13,22H,9-10,12H2,1-4H3,(H,20,23). The van der Waals surface area contributed by atoms with E-state index in [4.69, 9.17) is 9.84 Å². The van der Waals surface area contributed by atoms with Gasteiger partial charge in [0.25, 0.3) is 5.91 Å². The number of aryl methyl sites for hydroxylation is 1. The summed E-state index contributed by atoms with van der Waals surface area (Å²) in [6.07, 6.45) is 0. The number of carbonyl (C=O) groups excluding carboxylic acids is 1. The molecule has 0 aliphatic rings. The lowest BCUT2D eigenvalue weighted by Crippen LogP contribution is -2.24. The van der Waals surface area contributed by atoms with Gasteiger partial charge in [0.05, 0.1) is 12.2 Å². The lowest BCUT2D eigenvalue weighted by atomic mass is 10.2. The Balaban J connectivity index is 2.11. The van der Waals surface area contributed by atoms with Gasteiger partial charge in [-0.25, -0.2) is 0 Å². The molecule has 0 aliphatic carbocycles. The van der Waals surface area contributed by atoms with Crippen LogP contribution in [0.5, 0.6) is 5.75 Å². The van der Waals surface area contributed by atoms with E-state index in [1.807, 2.05) is 44.2 Å². The summed E-state index contributed by atoms with van der Waals surface area (Å²) in [7, 11) is 0. The summed E-state index contributed by atoms with van der Waals surface area (Å²) in [4.78, 5) is 12.5. The summed E-state index contributed by atoms with van der Waals surface area (Å²) < 4.78 is 7.66. The van der Waals surface area contributed by atoms with E-state index in [9.17, 15) is 4.79 Å². The van der Waals surface area contributed by atoms with Gasteiger partial charge in [0, 0.05) is 29.5 Å². The number of hydrogen-bond donors (Lipinski definition) is 2. The highest BCUT2D eigenvalue weighted by Crippen LogP contribution is 2.21. The Labute approximate surface area is 143 Å². The highest BCUT2D eigenvalue weighted by atomic mass is 16.5. The fourth-order valence-electron chi connectivity index (χ4n) is 3.02. The van der Waals surface area contributed by atoms with Gasteiger partial charge in [-0.05, 0) is 39.8 Å². The van der Waals surface area contributed by atoms with E-state index >= 15 is 0 Å². The molecule has 5 nitrogen and oxygen atoms in total. The van der Waals surface area contributed by atoms with Gasteiger partial charge in [0.15, 0.2) is 0 Å². The van der Waals surface area contributed by atoms with Gasteiger partial charge in [-0.1, -0.05) is 18.2 Å². The van der Waals surface area contributed by atoms with Crippen molar-refractivity contribution in [2.75, 3.05) is 13.2 Å². The zero-order valence-corrected chi connectivity index (χ0v) is 14.8. The molecule has 0 saturated carbocycles. The van der Waals surface area contributed by atoms with Crippen LogP contribution in [0.25, 0.3) is 0 Å². The van der Waals surface area contributed by atoms with Crippen LogP contribution in [0.3, 0.4) is 0 Å². The molecule has 130 valence electrons. The molecule has 1 aromatic carbocycles. The van der Waals surface area contributed by atoms with Crippen molar-refractivity contribution in [3.05, 3.63) is 52.8 Å². The van der Waals surface area contributed by atoms with Crippen LogP contribution in [-0.2, 0) is 6.54 Å². The number of aliphatic hydroxyl groups is 1. The summed E-state index contributed by atoms with van der Waals surface area (Å²) in [6, 6.07) is 9.76. The molecule has 2 rings (SSSR count). The Bertz CT molecular complexity index is 705. The van der Waals surface area contributed by atoms with Gasteiger partial charge in [-0.15, -0.1) is 0 Å². The van der Waals surface area contributed by atoms with Crippen LogP contribution in [0.4, 0.5) is 0 Å². The molecule has 0 fully saturated rings. The molecular formula is C19H26N2O3. The van der Waals surface area contributed by atoms with Crippen molar-refractivity contribution in [1.82, 2.24) is 9.88 Å². The number of para-hydroxylation sites is 1. The topological polar surface area (TPSA) is 63.5 Å². The summed E-state index contributed by atoms with van der Waals surface area (Å²) in [5.41, 5.74) is 3.65. The van der Waals surface area contributed by atoms with Gasteiger partial charge >= 0.3 is 0 Å². The number of hydrogen-bond acceptors (Lipinski definition) is 3. The second-order valence-electron chi connectivity index (χ2n) is 6.11. The first-order chi connectivity index (χ1) is 11.5. The van der Waals surface area contributed by atoms with Crippen molar-refractivity contribution in [1.29, 1.82) is 0 Å². The molecule has 5 heteroatoms. The fraction of sp³-hybridized carbons (Fsp3) is 0.421. The molecule has 1 aromatic heterocycles. The first kappa shape index (κ1) is 18.1. The predicted molar refractivity (Wildman–Crippen MR) is 94.5 cm³/mol. The van der Waals surface area contributed by atoms with E-state index in [0.29, 0.717) is 23.9 Å². The summed E-state index contributed by atoms with van der Waals surface area (Å²) in [6.45, 7) is 8.78. The van der Waals surface area contributed by atoms with Crippen LogP contribution < -0.4 is 10.1 Å². The molecule has 0 atom stereocenters.